The molecule has 1 aromatic rings. The Balaban J connectivity index is 1.85. The second-order valence-electron chi connectivity index (χ2n) is 5.88. The molecular weight excluding hydrogens is 220 g/mol. The summed E-state index contributed by atoms with van der Waals surface area (Å²) in [6.07, 6.45) is 4.26. The van der Waals surface area contributed by atoms with E-state index in [2.05, 4.69) is 55.4 Å². The van der Waals surface area contributed by atoms with Gasteiger partial charge in [-0.1, -0.05) is 32.4 Å². The van der Waals surface area contributed by atoms with Gasteiger partial charge in [-0.3, -0.25) is 0 Å². The van der Waals surface area contributed by atoms with Gasteiger partial charge in [0.25, 0.3) is 0 Å². The minimum absolute atomic E-state index is 0.547. The van der Waals surface area contributed by atoms with Crippen molar-refractivity contribution in [1.82, 2.24) is 5.32 Å². The van der Waals surface area contributed by atoms with Crippen LogP contribution >= 0.6 is 0 Å². The van der Waals surface area contributed by atoms with Gasteiger partial charge in [-0.2, -0.15) is 0 Å². The first kappa shape index (κ1) is 13.4. The summed E-state index contributed by atoms with van der Waals surface area (Å²) in [4.78, 5) is 2.39. The summed E-state index contributed by atoms with van der Waals surface area (Å²) in [5, 5.41) is 3.45. The van der Waals surface area contributed by atoms with E-state index in [1.807, 2.05) is 0 Å². The van der Waals surface area contributed by atoms with E-state index in [0.29, 0.717) is 6.04 Å². The molecule has 0 spiro atoms. The third-order valence-electron chi connectivity index (χ3n) is 3.85. The van der Waals surface area contributed by atoms with E-state index in [-0.39, 0.29) is 0 Å². The van der Waals surface area contributed by atoms with Gasteiger partial charge >= 0.3 is 0 Å². The molecule has 1 aliphatic carbocycles. The van der Waals surface area contributed by atoms with Crippen LogP contribution in [0.3, 0.4) is 0 Å². The predicted molar refractivity (Wildman–Crippen MR) is 79.0 cm³/mol. The van der Waals surface area contributed by atoms with Gasteiger partial charge in [-0.15, -0.1) is 0 Å². The molecule has 100 valence electrons. The fourth-order valence-corrected chi connectivity index (χ4v) is 2.36. The third kappa shape index (κ3) is 3.74. The van der Waals surface area contributed by atoms with Crippen LogP contribution in [0.2, 0.25) is 0 Å². The highest BCUT2D eigenvalue weighted by Gasteiger charge is 2.19. The number of nitrogens with zero attached hydrogens (tertiary/aromatic N) is 1. The summed E-state index contributed by atoms with van der Waals surface area (Å²) < 4.78 is 0. The van der Waals surface area contributed by atoms with Crippen molar-refractivity contribution < 1.29 is 0 Å². The molecule has 0 saturated heterocycles. The largest absolute Gasteiger partial charge is 0.374 e. The Morgan fingerprint density at radius 3 is 2.39 bits per heavy atom. The number of benzene rings is 1. The number of nitrogens with one attached hydrogen (secondary N) is 1. The topological polar surface area (TPSA) is 15.3 Å². The maximum absolute atomic E-state index is 3.45. The predicted octanol–water partition coefficient (Wildman–Crippen LogP) is 3.42. The molecule has 2 heteroatoms. The SMILES string of the molecule is CC(C)NCc1ccc(N(C)CC2CCC2)cc1. The normalized spacial score (nSPS) is 15.8. The van der Waals surface area contributed by atoms with Crippen molar-refractivity contribution in [2.75, 3.05) is 18.5 Å². The van der Waals surface area contributed by atoms with E-state index >= 15 is 0 Å². The van der Waals surface area contributed by atoms with Crippen molar-refractivity contribution in [3.63, 3.8) is 0 Å². The number of rotatable bonds is 6. The molecule has 1 saturated carbocycles. The lowest BCUT2D eigenvalue weighted by Crippen LogP contribution is -2.29. The Morgan fingerprint density at radius 2 is 1.89 bits per heavy atom. The average Bonchev–Trinajstić information content (AvgIpc) is 2.31. The molecule has 2 nitrogen and oxygen atoms in total. The first-order valence-electron chi connectivity index (χ1n) is 7.18. The van der Waals surface area contributed by atoms with E-state index in [9.17, 15) is 0 Å². The lowest BCUT2D eigenvalue weighted by atomic mass is 9.85. The maximum atomic E-state index is 3.45. The number of hydrogen-bond donors (Lipinski definition) is 1. The molecule has 1 fully saturated rings. The van der Waals surface area contributed by atoms with Gasteiger partial charge in [0, 0.05) is 31.9 Å². The Hall–Kier alpha value is -1.02. The van der Waals surface area contributed by atoms with E-state index < -0.39 is 0 Å². The lowest BCUT2D eigenvalue weighted by Gasteiger charge is -2.31. The van der Waals surface area contributed by atoms with E-state index in [4.69, 9.17) is 0 Å². The fraction of sp³-hybridized carbons (Fsp3) is 0.625. The van der Waals surface area contributed by atoms with Gasteiger partial charge in [0.05, 0.1) is 0 Å². The molecule has 0 atom stereocenters. The van der Waals surface area contributed by atoms with Gasteiger partial charge in [-0.05, 0) is 36.5 Å². The number of hydrogen-bond acceptors (Lipinski definition) is 2. The van der Waals surface area contributed by atoms with Gasteiger partial charge in [0.1, 0.15) is 0 Å². The third-order valence-corrected chi connectivity index (χ3v) is 3.85. The van der Waals surface area contributed by atoms with E-state index in [1.54, 1.807) is 0 Å². The van der Waals surface area contributed by atoms with E-state index in [1.165, 1.54) is 37.1 Å². The van der Waals surface area contributed by atoms with E-state index in [0.717, 1.165) is 12.5 Å². The molecule has 2 rings (SSSR count). The Morgan fingerprint density at radius 1 is 1.22 bits per heavy atom. The molecule has 18 heavy (non-hydrogen) atoms. The molecule has 0 unspecified atom stereocenters. The first-order valence-corrected chi connectivity index (χ1v) is 7.18. The zero-order valence-electron chi connectivity index (χ0n) is 11.9. The van der Waals surface area contributed by atoms with Crippen LogP contribution in [-0.2, 0) is 6.54 Å². The standard InChI is InChI=1S/C16H26N2/c1-13(2)17-11-14-7-9-16(10-8-14)18(3)12-15-5-4-6-15/h7-10,13,15,17H,4-6,11-12H2,1-3H3. The minimum atomic E-state index is 0.547. The minimum Gasteiger partial charge on any atom is -0.374 e. The lowest BCUT2D eigenvalue weighted by molar-refractivity contribution is 0.321. The molecule has 1 N–H and O–H groups in total. The monoisotopic (exact) mass is 246 g/mol. The van der Waals surface area contributed by atoms with Crippen LogP contribution < -0.4 is 10.2 Å². The highest BCUT2D eigenvalue weighted by atomic mass is 15.1. The summed E-state index contributed by atoms with van der Waals surface area (Å²) in [5.41, 5.74) is 2.71. The zero-order chi connectivity index (χ0) is 13.0. The van der Waals surface area contributed by atoms with Crippen LogP contribution in [0.4, 0.5) is 5.69 Å². The molecule has 1 aromatic carbocycles. The summed E-state index contributed by atoms with van der Waals surface area (Å²) in [5.74, 6) is 0.928. The summed E-state index contributed by atoms with van der Waals surface area (Å²) in [7, 11) is 2.21. The molecule has 0 heterocycles. The van der Waals surface area contributed by atoms with Gasteiger partial charge in [0.15, 0.2) is 0 Å². The van der Waals surface area contributed by atoms with Crippen molar-refractivity contribution in [3.05, 3.63) is 29.8 Å². The molecule has 1 aliphatic rings. The number of anilines is 1. The van der Waals surface area contributed by atoms with Gasteiger partial charge < -0.3 is 10.2 Å². The Kier molecular flexibility index (Phi) is 4.65. The molecule has 0 bridgehead atoms. The molecule has 0 aromatic heterocycles. The fourth-order valence-electron chi connectivity index (χ4n) is 2.36. The second-order valence-corrected chi connectivity index (χ2v) is 5.88. The van der Waals surface area contributed by atoms with Crippen molar-refractivity contribution in [1.29, 1.82) is 0 Å². The molecule has 0 radical (unpaired) electrons. The van der Waals surface area contributed by atoms with Crippen molar-refractivity contribution in [2.24, 2.45) is 5.92 Å². The smallest absolute Gasteiger partial charge is 0.0363 e. The summed E-state index contributed by atoms with van der Waals surface area (Å²) in [6.45, 7) is 6.54. The van der Waals surface area contributed by atoms with Gasteiger partial charge in [0.2, 0.25) is 0 Å². The summed E-state index contributed by atoms with van der Waals surface area (Å²) >= 11 is 0. The molecule has 0 aliphatic heterocycles. The summed E-state index contributed by atoms with van der Waals surface area (Å²) in [6, 6.07) is 9.52. The highest BCUT2D eigenvalue weighted by Crippen LogP contribution is 2.28. The first-order chi connectivity index (χ1) is 8.65. The van der Waals surface area contributed by atoms with Crippen LogP contribution in [0.5, 0.6) is 0 Å². The van der Waals surface area contributed by atoms with Crippen LogP contribution in [-0.4, -0.2) is 19.6 Å². The molecule has 0 amide bonds. The quantitative estimate of drug-likeness (QED) is 0.827. The van der Waals surface area contributed by atoms with Crippen LogP contribution in [0, 0.1) is 5.92 Å². The van der Waals surface area contributed by atoms with Crippen molar-refractivity contribution in [2.45, 2.75) is 45.7 Å². The maximum Gasteiger partial charge on any atom is 0.0363 e. The zero-order valence-corrected chi connectivity index (χ0v) is 11.9. The van der Waals surface area contributed by atoms with Crippen molar-refractivity contribution in [3.8, 4) is 0 Å². The van der Waals surface area contributed by atoms with Gasteiger partial charge in [-0.25, -0.2) is 0 Å². The highest BCUT2D eigenvalue weighted by molar-refractivity contribution is 5.46. The Labute approximate surface area is 111 Å². The average molecular weight is 246 g/mol. The van der Waals surface area contributed by atoms with Crippen LogP contribution in [0.15, 0.2) is 24.3 Å². The Bertz CT molecular complexity index is 352. The van der Waals surface area contributed by atoms with Crippen LogP contribution in [0.1, 0.15) is 38.7 Å². The van der Waals surface area contributed by atoms with Crippen LogP contribution in [0.25, 0.3) is 0 Å². The van der Waals surface area contributed by atoms with Crippen molar-refractivity contribution >= 4 is 5.69 Å². The second kappa shape index (κ2) is 6.24. The molecular formula is C16H26N2.